The Morgan fingerprint density at radius 3 is 2.71 bits per heavy atom. The summed E-state index contributed by atoms with van der Waals surface area (Å²) in [7, 11) is 1.62. The molecule has 0 spiro atoms. The molecule has 0 saturated heterocycles. The van der Waals surface area contributed by atoms with E-state index < -0.39 is 17.6 Å². The normalized spacial score (nSPS) is 15.4. The first-order chi connectivity index (χ1) is 16.6. The van der Waals surface area contributed by atoms with Gasteiger partial charge in [0.25, 0.3) is 5.91 Å². The van der Waals surface area contributed by atoms with Crippen LogP contribution < -0.4 is 20.7 Å². The molecular formula is C26H26FN5O3. The Labute approximate surface area is 202 Å². The lowest BCUT2D eigenvalue weighted by Gasteiger charge is -2.20. The number of nitrogens with one attached hydrogen (secondary N) is 1. The van der Waals surface area contributed by atoms with E-state index in [-0.39, 0.29) is 18.3 Å². The van der Waals surface area contributed by atoms with Gasteiger partial charge in [0.05, 0.1) is 17.4 Å². The van der Waals surface area contributed by atoms with Crippen molar-refractivity contribution in [1.29, 1.82) is 0 Å². The molecule has 3 aromatic rings. The van der Waals surface area contributed by atoms with Gasteiger partial charge in [-0.3, -0.25) is 4.79 Å². The Bertz CT molecular complexity index is 1320. The highest BCUT2D eigenvalue weighted by Crippen LogP contribution is 2.31. The van der Waals surface area contributed by atoms with Gasteiger partial charge in [0, 0.05) is 25.2 Å². The number of nitrogens with zero attached hydrogens (tertiary/aromatic N) is 3. The van der Waals surface area contributed by atoms with Crippen LogP contribution in [-0.4, -0.2) is 47.0 Å². The van der Waals surface area contributed by atoms with E-state index in [9.17, 15) is 14.0 Å². The number of carbonyl (C=O) groups is 2. The summed E-state index contributed by atoms with van der Waals surface area (Å²) in [6.07, 6.45) is 3.62. The van der Waals surface area contributed by atoms with Gasteiger partial charge in [0.15, 0.2) is 0 Å². The fourth-order valence-electron chi connectivity index (χ4n) is 3.53. The molecule has 0 bridgehead atoms. The number of anilines is 1. The van der Waals surface area contributed by atoms with Crippen molar-refractivity contribution >= 4 is 17.6 Å². The van der Waals surface area contributed by atoms with Crippen LogP contribution in [0.3, 0.4) is 0 Å². The molecule has 180 valence electrons. The number of aromatic nitrogens is 2. The van der Waals surface area contributed by atoms with Crippen LogP contribution in [0.25, 0.3) is 0 Å². The van der Waals surface area contributed by atoms with Crippen LogP contribution in [0.15, 0.2) is 54.9 Å². The average molecular weight is 476 g/mol. The number of ether oxygens (including phenoxy) is 1. The largest absolute Gasteiger partial charge is 0.489 e. The molecule has 0 radical (unpaired) electrons. The predicted octanol–water partition coefficient (Wildman–Crippen LogP) is 2.68. The zero-order valence-corrected chi connectivity index (χ0v) is 19.7. The number of hydrogen-bond acceptors (Lipinski definition) is 5. The molecule has 1 atom stereocenters. The SMILES string of the molecule is CN1C(=O)[C@H](NC(=O)n2cc(Cc3ccc(F)cc3)cn2)COc2ccc(C#CC(C)(C)N)cc21. The smallest absolute Gasteiger partial charge is 0.342 e. The summed E-state index contributed by atoms with van der Waals surface area (Å²) in [5.74, 6) is 5.84. The Hall–Kier alpha value is -4.16. The number of benzene rings is 2. The molecule has 35 heavy (non-hydrogen) atoms. The van der Waals surface area contributed by atoms with Gasteiger partial charge in [-0.25, -0.2) is 9.18 Å². The molecule has 0 saturated carbocycles. The first-order valence-corrected chi connectivity index (χ1v) is 11.0. The minimum absolute atomic E-state index is 0.0352. The molecule has 9 heteroatoms. The molecule has 0 aliphatic carbocycles. The van der Waals surface area contributed by atoms with Crippen molar-refractivity contribution in [2.75, 3.05) is 18.6 Å². The van der Waals surface area contributed by atoms with Gasteiger partial charge >= 0.3 is 6.03 Å². The number of fused-ring (bicyclic) bond motifs is 1. The van der Waals surface area contributed by atoms with Crippen molar-refractivity contribution in [2.24, 2.45) is 5.73 Å². The maximum Gasteiger partial charge on any atom is 0.342 e. The second-order valence-electron chi connectivity index (χ2n) is 8.96. The highest BCUT2D eigenvalue weighted by Gasteiger charge is 2.31. The van der Waals surface area contributed by atoms with Gasteiger partial charge in [-0.05, 0) is 55.3 Å². The van der Waals surface area contributed by atoms with E-state index >= 15 is 0 Å². The highest BCUT2D eigenvalue weighted by molar-refractivity contribution is 6.00. The first-order valence-electron chi connectivity index (χ1n) is 11.0. The maximum atomic E-state index is 13.1. The van der Waals surface area contributed by atoms with Gasteiger partial charge < -0.3 is 20.7 Å². The average Bonchev–Trinajstić information content (AvgIpc) is 3.25. The van der Waals surface area contributed by atoms with E-state index in [1.54, 1.807) is 63.6 Å². The van der Waals surface area contributed by atoms with E-state index in [2.05, 4.69) is 22.3 Å². The Balaban J connectivity index is 1.45. The lowest BCUT2D eigenvalue weighted by Crippen LogP contribution is -2.50. The van der Waals surface area contributed by atoms with Gasteiger partial charge in [-0.1, -0.05) is 24.0 Å². The lowest BCUT2D eigenvalue weighted by atomic mass is 10.1. The molecule has 3 N–H and O–H groups in total. The molecule has 8 nitrogen and oxygen atoms in total. The summed E-state index contributed by atoms with van der Waals surface area (Å²) in [4.78, 5) is 27.3. The number of nitrogens with two attached hydrogens (primary N) is 1. The van der Waals surface area contributed by atoms with Crippen molar-refractivity contribution in [1.82, 2.24) is 15.1 Å². The summed E-state index contributed by atoms with van der Waals surface area (Å²) in [5.41, 5.74) is 8.18. The van der Waals surface area contributed by atoms with Crippen LogP contribution in [0, 0.1) is 17.7 Å². The third-order valence-corrected chi connectivity index (χ3v) is 5.35. The Morgan fingerprint density at radius 2 is 2.00 bits per heavy atom. The zero-order valence-electron chi connectivity index (χ0n) is 19.7. The number of rotatable bonds is 3. The number of halogens is 1. The van der Waals surface area contributed by atoms with E-state index in [1.165, 1.54) is 17.0 Å². The van der Waals surface area contributed by atoms with Crippen molar-refractivity contribution in [3.05, 3.63) is 77.4 Å². The number of likely N-dealkylation sites (N-methyl/N-ethyl adjacent to an activating group) is 1. The molecule has 1 aliphatic heterocycles. The second kappa shape index (κ2) is 9.60. The third kappa shape index (κ3) is 5.86. The molecular weight excluding hydrogens is 449 g/mol. The van der Waals surface area contributed by atoms with Crippen LogP contribution in [0.1, 0.15) is 30.5 Å². The molecule has 2 amide bonds. The fraction of sp³-hybridized carbons (Fsp3) is 0.269. The summed E-state index contributed by atoms with van der Waals surface area (Å²) in [6, 6.07) is 9.93. The molecule has 4 rings (SSSR count). The van der Waals surface area contributed by atoms with Gasteiger partial charge in [-0.15, -0.1) is 0 Å². The van der Waals surface area contributed by atoms with Crippen LogP contribution in [0.2, 0.25) is 0 Å². The molecule has 0 unspecified atom stereocenters. The summed E-state index contributed by atoms with van der Waals surface area (Å²) < 4.78 is 20.1. The van der Waals surface area contributed by atoms with E-state index in [4.69, 9.17) is 10.5 Å². The van der Waals surface area contributed by atoms with Crippen LogP contribution in [0.5, 0.6) is 5.75 Å². The van der Waals surface area contributed by atoms with Crippen LogP contribution in [-0.2, 0) is 11.2 Å². The van der Waals surface area contributed by atoms with Crippen molar-refractivity contribution < 1.29 is 18.7 Å². The van der Waals surface area contributed by atoms with Gasteiger partial charge in [-0.2, -0.15) is 9.78 Å². The minimum Gasteiger partial charge on any atom is -0.489 e. The van der Waals surface area contributed by atoms with Gasteiger partial charge in [0.1, 0.15) is 24.2 Å². The summed E-state index contributed by atoms with van der Waals surface area (Å²) in [6.45, 7) is 3.58. The Morgan fingerprint density at radius 1 is 1.26 bits per heavy atom. The zero-order chi connectivity index (χ0) is 25.2. The summed E-state index contributed by atoms with van der Waals surface area (Å²) in [5, 5.41) is 6.78. The first kappa shape index (κ1) is 24.0. The highest BCUT2D eigenvalue weighted by atomic mass is 19.1. The molecule has 2 heterocycles. The van der Waals surface area contributed by atoms with Crippen LogP contribution in [0.4, 0.5) is 14.9 Å². The van der Waals surface area contributed by atoms with Crippen molar-refractivity contribution in [3.63, 3.8) is 0 Å². The maximum absolute atomic E-state index is 13.1. The molecule has 1 aliphatic rings. The van der Waals surface area contributed by atoms with Crippen molar-refractivity contribution in [2.45, 2.75) is 31.8 Å². The standard InChI is InChI=1S/C26H26FN5O3/c1-26(2,28)11-10-18-6-9-23-22(13-18)31(3)24(33)21(16-35-23)30-25(34)32-15-19(14-29-32)12-17-4-7-20(27)8-5-17/h4-9,13-15,21H,12,16,28H2,1-3H3,(H,30,34)/t21-/m1/s1. The molecule has 1 aromatic heterocycles. The van der Waals surface area contributed by atoms with Crippen LogP contribution >= 0.6 is 0 Å². The topological polar surface area (TPSA) is 102 Å². The molecule has 2 aromatic carbocycles. The quantitative estimate of drug-likeness (QED) is 0.567. The monoisotopic (exact) mass is 475 g/mol. The molecule has 0 fully saturated rings. The number of hydrogen-bond donors (Lipinski definition) is 2. The second-order valence-corrected chi connectivity index (χ2v) is 8.96. The fourth-order valence-corrected chi connectivity index (χ4v) is 3.53. The summed E-state index contributed by atoms with van der Waals surface area (Å²) >= 11 is 0. The van der Waals surface area contributed by atoms with Crippen molar-refractivity contribution in [3.8, 4) is 17.6 Å². The number of carbonyl (C=O) groups excluding carboxylic acids is 2. The van der Waals surface area contributed by atoms with E-state index in [1.807, 2.05) is 0 Å². The number of amides is 2. The minimum atomic E-state index is -0.915. The third-order valence-electron chi connectivity index (χ3n) is 5.35. The Kier molecular flexibility index (Phi) is 6.58. The van der Waals surface area contributed by atoms with E-state index in [0.717, 1.165) is 15.8 Å². The van der Waals surface area contributed by atoms with Gasteiger partial charge in [0.2, 0.25) is 0 Å². The van der Waals surface area contributed by atoms with E-state index in [0.29, 0.717) is 23.4 Å². The predicted molar refractivity (Wildman–Crippen MR) is 130 cm³/mol. The lowest BCUT2D eigenvalue weighted by molar-refractivity contribution is -0.120.